The first kappa shape index (κ1) is 21.7. The minimum Gasteiger partial charge on any atom is -0.495 e. The minimum atomic E-state index is -0.280. The van der Waals surface area contributed by atoms with Gasteiger partial charge in [-0.1, -0.05) is 15.9 Å². The van der Waals surface area contributed by atoms with Crippen LogP contribution in [0.5, 0.6) is 5.75 Å². The maximum Gasteiger partial charge on any atom is 0.248 e. The molecule has 0 spiro atoms. The smallest absolute Gasteiger partial charge is 0.248 e. The van der Waals surface area contributed by atoms with Crippen molar-refractivity contribution in [3.05, 3.63) is 73.8 Å². The summed E-state index contributed by atoms with van der Waals surface area (Å²) in [6, 6.07) is 10.9. The minimum absolute atomic E-state index is 0.280. The first-order valence-electron chi connectivity index (χ1n) is 8.96. The Labute approximate surface area is 203 Å². The van der Waals surface area contributed by atoms with E-state index >= 15 is 0 Å². The molecule has 4 rings (SSSR count). The SMILES string of the molecule is COc1c(Br)cc(Br)cc1C=CC(=O)Nc1ccc2oc(-c3cncc(Br)c3)nc2c1. The number of aromatic nitrogens is 2. The number of amides is 1. The highest BCUT2D eigenvalue weighted by molar-refractivity contribution is 9.11. The van der Waals surface area contributed by atoms with Gasteiger partial charge >= 0.3 is 0 Å². The van der Waals surface area contributed by atoms with Gasteiger partial charge in [-0.15, -0.1) is 0 Å². The van der Waals surface area contributed by atoms with Crippen molar-refractivity contribution in [1.82, 2.24) is 9.97 Å². The first-order valence-corrected chi connectivity index (χ1v) is 11.3. The van der Waals surface area contributed by atoms with E-state index in [-0.39, 0.29) is 5.91 Å². The molecule has 0 atom stereocenters. The molecular weight excluding hydrogens is 594 g/mol. The van der Waals surface area contributed by atoms with Crippen molar-refractivity contribution < 1.29 is 13.9 Å². The van der Waals surface area contributed by atoms with E-state index in [4.69, 9.17) is 9.15 Å². The summed E-state index contributed by atoms with van der Waals surface area (Å²) in [5, 5.41) is 2.84. The Kier molecular flexibility index (Phi) is 6.54. The Hall–Kier alpha value is -2.49. The van der Waals surface area contributed by atoms with E-state index in [0.29, 0.717) is 28.4 Å². The number of hydrogen-bond donors (Lipinski definition) is 1. The van der Waals surface area contributed by atoms with Gasteiger partial charge in [-0.2, -0.15) is 0 Å². The zero-order chi connectivity index (χ0) is 22.0. The predicted molar refractivity (Wildman–Crippen MR) is 131 cm³/mol. The van der Waals surface area contributed by atoms with E-state index in [2.05, 4.69) is 63.1 Å². The molecule has 0 saturated carbocycles. The number of anilines is 1. The molecule has 156 valence electrons. The number of nitrogens with zero attached hydrogens (tertiary/aromatic N) is 2. The van der Waals surface area contributed by atoms with Gasteiger partial charge in [0.05, 0.1) is 17.1 Å². The molecule has 1 amide bonds. The third kappa shape index (κ3) is 5.06. The molecule has 0 fully saturated rings. The largest absolute Gasteiger partial charge is 0.495 e. The molecule has 2 heterocycles. The van der Waals surface area contributed by atoms with Gasteiger partial charge in [-0.25, -0.2) is 4.98 Å². The van der Waals surface area contributed by atoms with Crippen LogP contribution >= 0.6 is 47.8 Å². The number of halogens is 3. The number of pyridine rings is 1. The van der Waals surface area contributed by atoms with Crippen molar-refractivity contribution in [1.29, 1.82) is 0 Å². The zero-order valence-electron chi connectivity index (χ0n) is 16.0. The van der Waals surface area contributed by atoms with Crippen LogP contribution in [0.25, 0.3) is 28.6 Å². The molecule has 1 N–H and O–H groups in total. The summed E-state index contributed by atoms with van der Waals surface area (Å²) >= 11 is 10.3. The number of oxazole rings is 1. The normalized spacial score (nSPS) is 11.2. The molecule has 0 unspecified atom stereocenters. The summed E-state index contributed by atoms with van der Waals surface area (Å²) in [5.74, 6) is 0.822. The second kappa shape index (κ2) is 9.33. The topological polar surface area (TPSA) is 77.2 Å². The maximum absolute atomic E-state index is 12.4. The molecule has 0 aliphatic heterocycles. The van der Waals surface area contributed by atoms with Crippen molar-refractivity contribution in [3.8, 4) is 17.2 Å². The van der Waals surface area contributed by atoms with E-state index in [0.717, 1.165) is 24.5 Å². The number of carbonyl (C=O) groups is 1. The molecule has 9 heteroatoms. The summed E-state index contributed by atoms with van der Waals surface area (Å²) in [7, 11) is 1.58. The lowest BCUT2D eigenvalue weighted by atomic mass is 10.2. The Bertz CT molecular complexity index is 1320. The highest BCUT2D eigenvalue weighted by Gasteiger charge is 2.11. The van der Waals surface area contributed by atoms with Crippen LogP contribution < -0.4 is 10.1 Å². The fourth-order valence-corrected chi connectivity index (χ4v) is 4.71. The molecule has 2 aromatic carbocycles. The lowest BCUT2D eigenvalue weighted by molar-refractivity contribution is -0.111. The third-order valence-electron chi connectivity index (χ3n) is 4.26. The average molecular weight is 608 g/mol. The molecule has 0 bridgehead atoms. The first-order chi connectivity index (χ1) is 14.9. The Balaban J connectivity index is 1.53. The van der Waals surface area contributed by atoms with Crippen molar-refractivity contribution in [2.45, 2.75) is 0 Å². The maximum atomic E-state index is 12.4. The van der Waals surface area contributed by atoms with E-state index in [9.17, 15) is 4.79 Å². The standard InChI is InChI=1S/C22H14Br3N3O3/c1-30-21-12(6-14(23)8-17(21)25)2-5-20(29)27-16-3-4-19-18(9-16)28-22(31-19)13-7-15(24)11-26-10-13/h2-11H,1H3,(H,27,29). The molecule has 31 heavy (non-hydrogen) atoms. The highest BCUT2D eigenvalue weighted by Crippen LogP contribution is 2.33. The molecule has 6 nitrogen and oxygen atoms in total. The number of methoxy groups -OCH3 is 1. The van der Waals surface area contributed by atoms with Gasteiger partial charge < -0.3 is 14.5 Å². The summed E-state index contributed by atoms with van der Waals surface area (Å²) in [4.78, 5) is 21.1. The molecule has 0 aliphatic carbocycles. The molecule has 2 aromatic heterocycles. The van der Waals surface area contributed by atoms with Crippen LogP contribution in [-0.2, 0) is 4.79 Å². The monoisotopic (exact) mass is 605 g/mol. The number of fused-ring (bicyclic) bond motifs is 1. The van der Waals surface area contributed by atoms with Gasteiger partial charge in [0.25, 0.3) is 0 Å². The third-order valence-corrected chi connectivity index (χ3v) is 5.74. The van der Waals surface area contributed by atoms with E-state index in [1.165, 1.54) is 6.08 Å². The Morgan fingerprint density at radius 3 is 2.71 bits per heavy atom. The molecular formula is C22H14Br3N3O3. The van der Waals surface area contributed by atoms with Crippen molar-refractivity contribution in [2.24, 2.45) is 0 Å². The van der Waals surface area contributed by atoms with Crippen LogP contribution in [0.3, 0.4) is 0 Å². The van der Waals surface area contributed by atoms with Gasteiger partial charge in [0, 0.05) is 38.7 Å². The second-order valence-electron chi connectivity index (χ2n) is 6.43. The van der Waals surface area contributed by atoms with Gasteiger partial charge in [0.15, 0.2) is 5.58 Å². The number of rotatable bonds is 5. The number of hydrogen-bond acceptors (Lipinski definition) is 5. The van der Waals surface area contributed by atoms with Gasteiger partial charge in [0.2, 0.25) is 11.8 Å². The highest BCUT2D eigenvalue weighted by atomic mass is 79.9. The Morgan fingerprint density at radius 2 is 1.94 bits per heavy atom. The number of nitrogens with one attached hydrogen (secondary N) is 1. The summed E-state index contributed by atoms with van der Waals surface area (Å²) in [6.07, 6.45) is 6.51. The van der Waals surface area contributed by atoms with E-state index in [1.807, 2.05) is 18.2 Å². The molecule has 0 aliphatic rings. The number of ether oxygens (including phenoxy) is 1. The van der Waals surface area contributed by atoms with Crippen LogP contribution in [0.1, 0.15) is 5.56 Å². The second-order valence-corrected chi connectivity index (χ2v) is 9.11. The average Bonchev–Trinajstić information content (AvgIpc) is 3.15. The van der Waals surface area contributed by atoms with E-state index in [1.54, 1.807) is 43.8 Å². The van der Waals surface area contributed by atoms with Crippen LogP contribution in [0.4, 0.5) is 5.69 Å². The number of benzene rings is 2. The van der Waals surface area contributed by atoms with Crippen molar-refractivity contribution >= 4 is 76.6 Å². The fourth-order valence-electron chi connectivity index (χ4n) is 2.93. The van der Waals surface area contributed by atoms with E-state index < -0.39 is 0 Å². The predicted octanol–water partition coefficient (Wildman–Crippen LogP) is 6.84. The lowest BCUT2D eigenvalue weighted by Gasteiger charge is -2.08. The van der Waals surface area contributed by atoms with Crippen molar-refractivity contribution in [3.63, 3.8) is 0 Å². The number of carbonyl (C=O) groups excluding carboxylic acids is 1. The summed E-state index contributed by atoms with van der Waals surface area (Å²) in [6.45, 7) is 0. The quantitative estimate of drug-likeness (QED) is 0.252. The van der Waals surface area contributed by atoms with Crippen LogP contribution in [-0.4, -0.2) is 23.0 Å². The van der Waals surface area contributed by atoms with Crippen LogP contribution in [0.15, 0.2) is 72.7 Å². The summed E-state index contributed by atoms with van der Waals surface area (Å²) in [5.41, 5.74) is 3.38. The van der Waals surface area contributed by atoms with Crippen molar-refractivity contribution in [2.75, 3.05) is 12.4 Å². The molecule has 0 radical (unpaired) electrons. The summed E-state index contributed by atoms with van der Waals surface area (Å²) < 4.78 is 13.7. The molecule has 4 aromatic rings. The molecule has 0 saturated heterocycles. The van der Waals surface area contributed by atoms with Gasteiger partial charge in [0.1, 0.15) is 11.3 Å². The lowest BCUT2D eigenvalue weighted by Crippen LogP contribution is -2.07. The zero-order valence-corrected chi connectivity index (χ0v) is 20.8. The van der Waals surface area contributed by atoms with Gasteiger partial charge in [-0.3, -0.25) is 9.78 Å². The van der Waals surface area contributed by atoms with Crippen LogP contribution in [0, 0.1) is 0 Å². The van der Waals surface area contributed by atoms with Crippen LogP contribution in [0.2, 0.25) is 0 Å². The Morgan fingerprint density at radius 1 is 1.10 bits per heavy atom. The fraction of sp³-hybridized carbons (Fsp3) is 0.0455. The van der Waals surface area contributed by atoms with Gasteiger partial charge in [-0.05, 0) is 74.3 Å².